The molecule has 2 saturated heterocycles. The number of rotatable bonds is 6. The van der Waals surface area contributed by atoms with Crippen molar-refractivity contribution in [2.45, 2.75) is 24.5 Å². The number of β-amino-alcohol motifs (C(OH)–C–C–N with tert-alkyl or cyclic N) is 1. The van der Waals surface area contributed by atoms with E-state index < -0.39 is 5.60 Å². The Morgan fingerprint density at radius 3 is 2.46 bits per heavy atom. The van der Waals surface area contributed by atoms with Crippen LogP contribution in [0.15, 0.2) is 66.9 Å². The highest BCUT2D eigenvalue weighted by Gasteiger charge is 2.38. The van der Waals surface area contributed by atoms with Gasteiger partial charge in [0, 0.05) is 31.4 Å². The predicted octanol–water partition coefficient (Wildman–Crippen LogP) is 3.44. The second-order valence-electron chi connectivity index (χ2n) is 9.65. The van der Waals surface area contributed by atoms with Crippen LogP contribution in [0.2, 0.25) is 0 Å². The van der Waals surface area contributed by atoms with Crippen LogP contribution in [0.25, 0.3) is 22.2 Å². The molecule has 2 fully saturated rings. The van der Waals surface area contributed by atoms with Crippen molar-refractivity contribution in [2.24, 2.45) is 0 Å². The molecular formula is C27H30N6O2. The fourth-order valence-corrected chi connectivity index (χ4v) is 5.19. The minimum Gasteiger partial charge on any atom is -0.457 e. The van der Waals surface area contributed by atoms with Crippen LogP contribution in [-0.4, -0.2) is 63.1 Å². The number of piperidine rings is 1. The van der Waals surface area contributed by atoms with Gasteiger partial charge in [0.25, 0.3) is 0 Å². The zero-order valence-corrected chi connectivity index (χ0v) is 19.6. The summed E-state index contributed by atoms with van der Waals surface area (Å²) < 4.78 is 8.02. The van der Waals surface area contributed by atoms with E-state index in [4.69, 9.17) is 15.6 Å². The average Bonchev–Trinajstić information content (AvgIpc) is 3.23. The minimum absolute atomic E-state index is 0.235. The quantitative estimate of drug-likeness (QED) is 0.397. The van der Waals surface area contributed by atoms with Gasteiger partial charge in [0.1, 0.15) is 23.0 Å². The Hall–Kier alpha value is -3.46. The van der Waals surface area contributed by atoms with Gasteiger partial charge < -0.3 is 20.9 Å². The molecule has 2 aromatic heterocycles. The maximum Gasteiger partial charge on any atom is 0.135 e. The summed E-state index contributed by atoms with van der Waals surface area (Å²) in [5, 5.41) is 20.1. The highest BCUT2D eigenvalue weighted by Crippen LogP contribution is 2.36. The lowest BCUT2D eigenvalue weighted by atomic mass is 9.90. The molecule has 4 aromatic rings. The third-order valence-corrected chi connectivity index (χ3v) is 7.09. The second kappa shape index (κ2) is 8.96. The highest BCUT2D eigenvalue weighted by atomic mass is 16.5. The van der Waals surface area contributed by atoms with Crippen molar-refractivity contribution in [3.8, 4) is 22.8 Å². The fourth-order valence-electron chi connectivity index (χ4n) is 5.19. The molecule has 0 radical (unpaired) electrons. The predicted molar refractivity (Wildman–Crippen MR) is 136 cm³/mol. The SMILES string of the molecule is Nc1nccc2c1c(-c1ccc(Oc3ccccc3)cc1)nn2C1CN(CC2(O)CCNCC2)C1. The number of pyridine rings is 1. The number of aliphatic hydroxyl groups is 1. The summed E-state index contributed by atoms with van der Waals surface area (Å²) in [7, 11) is 0. The summed E-state index contributed by atoms with van der Waals surface area (Å²) in [6, 6.07) is 19.9. The Morgan fingerprint density at radius 2 is 1.71 bits per heavy atom. The van der Waals surface area contributed by atoms with E-state index in [9.17, 15) is 5.11 Å². The van der Waals surface area contributed by atoms with Gasteiger partial charge in [-0.25, -0.2) is 4.98 Å². The summed E-state index contributed by atoms with van der Waals surface area (Å²) in [6.45, 7) is 4.19. The highest BCUT2D eigenvalue weighted by molar-refractivity contribution is 6.00. The third-order valence-electron chi connectivity index (χ3n) is 7.09. The van der Waals surface area contributed by atoms with E-state index in [1.54, 1.807) is 6.20 Å². The number of fused-ring (bicyclic) bond motifs is 1. The number of nitrogens with one attached hydrogen (secondary N) is 1. The zero-order chi connectivity index (χ0) is 23.8. The van der Waals surface area contributed by atoms with Gasteiger partial charge in [-0.3, -0.25) is 9.58 Å². The molecule has 4 N–H and O–H groups in total. The maximum atomic E-state index is 10.9. The van der Waals surface area contributed by atoms with E-state index in [0.29, 0.717) is 12.4 Å². The third kappa shape index (κ3) is 4.36. The van der Waals surface area contributed by atoms with Gasteiger partial charge in [-0.15, -0.1) is 0 Å². The van der Waals surface area contributed by atoms with Crippen molar-refractivity contribution >= 4 is 16.7 Å². The Morgan fingerprint density at radius 1 is 1.00 bits per heavy atom. The monoisotopic (exact) mass is 470 g/mol. The fraction of sp³-hybridized carbons (Fsp3) is 0.333. The van der Waals surface area contributed by atoms with Gasteiger partial charge in [0.05, 0.1) is 22.5 Å². The number of benzene rings is 2. The van der Waals surface area contributed by atoms with Crippen LogP contribution in [0.4, 0.5) is 5.82 Å². The van der Waals surface area contributed by atoms with Crippen LogP contribution < -0.4 is 15.8 Å². The number of nitrogens with two attached hydrogens (primary N) is 1. The lowest BCUT2D eigenvalue weighted by Crippen LogP contribution is -2.56. The topological polar surface area (TPSA) is 101 Å². The van der Waals surface area contributed by atoms with E-state index in [1.807, 2.05) is 60.7 Å². The number of para-hydroxylation sites is 1. The molecule has 0 amide bonds. The number of hydrogen-bond donors (Lipinski definition) is 3. The maximum absolute atomic E-state index is 10.9. The number of aromatic nitrogens is 3. The largest absolute Gasteiger partial charge is 0.457 e. The van der Waals surface area contributed by atoms with Crippen LogP contribution in [0, 0.1) is 0 Å². The molecule has 6 rings (SSSR count). The smallest absolute Gasteiger partial charge is 0.135 e. The minimum atomic E-state index is -0.592. The molecule has 0 unspecified atom stereocenters. The van der Waals surface area contributed by atoms with Gasteiger partial charge in [0.2, 0.25) is 0 Å². The van der Waals surface area contributed by atoms with E-state index >= 15 is 0 Å². The van der Waals surface area contributed by atoms with Crippen molar-refractivity contribution < 1.29 is 9.84 Å². The molecule has 8 nitrogen and oxygen atoms in total. The first-order valence-electron chi connectivity index (χ1n) is 12.2. The van der Waals surface area contributed by atoms with Crippen LogP contribution in [-0.2, 0) is 0 Å². The van der Waals surface area contributed by atoms with E-state index in [1.165, 1.54) is 0 Å². The summed E-state index contributed by atoms with van der Waals surface area (Å²) in [5.41, 5.74) is 8.52. The van der Waals surface area contributed by atoms with Gasteiger partial charge in [0.15, 0.2) is 0 Å². The van der Waals surface area contributed by atoms with Crippen LogP contribution >= 0.6 is 0 Å². The van der Waals surface area contributed by atoms with E-state index in [-0.39, 0.29) is 6.04 Å². The lowest BCUT2D eigenvalue weighted by Gasteiger charge is -2.45. The Bertz CT molecular complexity index is 1310. The lowest BCUT2D eigenvalue weighted by molar-refractivity contribution is -0.0473. The molecule has 0 saturated carbocycles. The molecule has 0 aliphatic carbocycles. The summed E-state index contributed by atoms with van der Waals surface area (Å²) in [5.74, 6) is 2.04. The molecule has 0 bridgehead atoms. The van der Waals surface area contributed by atoms with Crippen LogP contribution in [0.5, 0.6) is 11.5 Å². The summed E-state index contributed by atoms with van der Waals surface area (Å²) in [6.07, 6.45) is 3.34. The first-order chi connectivity index (χ1) is 17.1. The van der Waals surface area contributed by atoms with E-state index in [2.05, 4.69) is 19.9 Å². The molecule has 0 spiro atoms. The van der Waals surface area contributed by atoms with Crippen molar-refractivity contribution in [3.63, 3.8) is 0 Å². The first kappa shape index (κ1) is 22.0. The van der Waals surface area contributed by atoms with Gasteiger partial charge >= 0.3 is 0 Å². The molecule has 2 aliphatic rings. The van der Waals surface area contributed by atoms with Crippen LogP contribution in [0.3, 0.4) is 0 Å². The molecule has 4 heterocycles. The van der Waals surface area contributed by atoms with Crippen molar-refractivity contribution in [1.82, 2.24) is 25.0 Å². The van der Waals surface area contributed by atoms with Crippen molar-refractivity contribution in [1.29, 1.82) is 0 Å². The number of likely N-dealkylation sites (tertiary alicyclic amines) is 1. The second-order valence-corrected chi connectivity index (χ2v) is 9.65. The Balaban J connectivity index is 1.24. The molecular weight excluding hydrogens is 440 g/mol. The number of nitrogen functional groups attached to an aromatic ring is 1. The molecule has 2 aromatic carbocycles. The Kier molecular flexibility index (Phi) is 5.64. The molecule has 35 heavy (non-hydrogen) atoms. The number of ether oxygens (including phenoxy) is 1. The van der Waals surface area contributed by atoms with Gasteiger partial charge in [-0.2, -0.15) is 5.10 Å². The van der Waals surface area contributed by atoms with Gasteiger partial charge in [-0.1, -0.05) is 18.2 Å². The average molecular weight is 471 g/mol. The van der Waals surface area contributed by atoms with Crippen molar-refractivity contribution in [2.75, 3.05) is 38.5 Å². The number of hydrogen-bond acceptors (Lipinski definition) is 7. The normalized spacial score (nSPS) is 18.4. The summed E-state index contributed by atoms with van der Waals surface area (Å²) in [4.78, 5) is 6.66. The molecule has 2 aliphatic heterocycles. The van der Waals surface area contributed by atoms with Crippen LogP contribution in [0.1, 0.15) is 18.9 Å². The zero-order valence-electron chi connectivity index (χ0n) is 19.6. The molecule has 8 heteroatoms. The first-order valence-corrected chi connectivity index (χ1v) is 12.2. The van der Waals surface area contributed by atoms with E-state index in [0.717, 1.165) is 72.7 Å². The molecule has 180 valence electrons. The number of nitrogens with zero attached hydrogens (tertiary/aromatic N) is 4. The number of anilines is 1. The van der Waals surface area contributed by atoms with Crippen molar-refractivity contribution in [3.05, 3.63) is 66.9 Å². The summed E-state index contributed by atoms with van der Waals surface area (Å²) >= 11 is 0. The Labute approximate surface area is 204 Å². The standard InChI is InChI=1S/C27H30N6O2/c28-26-24-23(10-13-30-26)33(20-16-32(17-20)18-27(34)11-14-29-15-12-27)31-25(24)19-6-8-22(9-7-19)35-21-4-2-1-3-5-21/h1-10,13,20,29,34H,11-12,14-18H2,(H2,28,30). The van der Waals surface area contributed by atoms with Gasteiger partial charge in [-0.05, 0) is 68.4 Å². The molecule has 0 atom stereocenters.